The van der Waals surface area contributed by atoms with Gasteiger partial charge in [-0.25, -0.2) is 13.3 Å². The summed E-state index contributed by atoms with van der Waals surface area (Å²) < 4.78 is 27.8. The predicted octanol–water partition coefficient (Wildman–Crippen LogP) is 3.33. The molecule has 1 saturated heterocycles. The molecule has 1 heterocycles. The summed E-state index contributed by atoms with van der Waals surface area (Å²) >= 11 is 0. The first-order chi connectivity index (χ1) is 14.4. The summed E-state index contributed by atoms with van der Waals surface area (Å²) in [4.78, 5) is 4.34. The minimum atomic E-state index is -3.63. The molecule has 1 N–H and O–H groups in total. The molecule has 2 unspecified atom stereocenters. The number of hydrogen-bond donors (Lipinski definition) is 1. The third kappa shape index (κ3) is 6.27. The number of ether oxygens (including phenoxy) is 1. The van der Waals surface area contributed by atoms with E-state index in [9.17, 15) is 13.6 Å². The van der Waals surface area contributed by atoms with Crippen molar-refractivity contribution >= 4 is 10.0 Å². The Morgan fingerprint density at radius 1 is 1.13 bits per heavy atom. The Bertz CT molecular complexity index is 985. The van der Waals surface area contributed by atoms with E-state index in [0.717, 1.165) is 29.6 Å². The maximum Gasteiger partial charge on any atom is 0.250 e. The largest absolute Gasteiger partial charge is 0.610 e. The molecule has 0 saturated carbocycles. The van der Waals surface area contributed by atoms with Gasteiger partial charge in [-0.05, 0) is 40.7 Å². The third-order valence-electron chi connectivity index (χ3n) is 5.66. The van der Waals surface area contributed by atoms with Crippen LogP contribution in [-0.2, 0) is 21.9 Å². The molecule has 2 aromatic carbocycles. The summed E-state index contributed by atoms with van der Waals surface area (Å²) in [6.45, 7) is 7.32. The zero-order chi connectivity index (χ0) is 22.9. The zero-order valence-corrected chi connectivity index (χ0v) is 19.8. The molecular formula is C23H33N3O4S. The van der Waals surface area contributed by atoms with Crippen LogP contribution in [0.5, 0.6) is 5.75 Å². The van der Waals surface area contributed by atoms with E-state index in [2.05, 4.69) is 54.8 Å². The topological polar surface area (TPSA) is 81.7 Å². The van der Waals surface area contributed by atoms with E-state index in [1.165, 1.54) is 5.56 Å². The van der Waals surface area contributed by atoms with Crippen molar-refractivity contribution in [3.63, 3.8) is 0 Å². The molecule has 0 bridgehead atoms. The van der Waals surface area contributed by atoms with Gasteiger partial charge in [0.25, 0.3) is 10.0 Å². The molecule has 8 heteroatoms. The highest BCUT2D eigenvalue weighted by molar-refractivity contribution is 7.88. The van der Waals surface area contributed by atoms with Gasteiger partial charge in [0.1, 0.15) is 12.3 Å². The number of nitrogens with one attached hydrogen (secondary N) is 1. The van der Waals surface area contributed by atoms with E-state index < -0.39 is 14.8 Å². The van der Waals surface area contributed by atoms with Crippen molar-refractivity contribution in [1.82, 2.24) is 9.73 Å². The van der Waals surface area contributed by atoms with Crippen molar-refractivity contribution in [3.05, 3.63) is 70.4 Å². The van der Waals surface area contributed by atoms with Crippen LogP contribution in [0.1, 0.15) is 43.5 Å². The van der Waals surface area contributed by atoms with Gasteiger partial charge in [0.15, 0.2) is 6.67 Å². The molecule has 7 nitrogen and oxygen atoms in total. The van der Waals surface area contributed by atoms with E-state index in [-0.39, 0.29) is 24.7 Å². The van der Waals surface area contributed by atoms with Crippen molar-refractivity contribution in [3.8, 4) is 5.75 Å². The van der Waals surface area contributed by atoms with Gasteiger partial charge in [-0.3, -0.25) is 4.76 Å². The second-order valence-electron chi connectivity index (χ2n) is 9.38. The van der Waals surface area contributed by atoms with E-state index in [4.69, 9.17) is 4.74 Å². The van der Waals surface area contributed by atoms with E-state index >= 15 is 0 Å². The lowest BCUT2D eigenvalue weighted by atomic mass is 9.86. The SMILES string of the molecule is COc1ccc(CCN2C[N+]([O-])(NS(C)(=O)=O)CC2c2ccc(C(C)(C)C)cc2)cc1. The van der Waals surface area contributed by atoms with Crippen LogP contribution in [0.3, 0.4) is 0 Å². The van der Waals surface area contributed by atoms with Gasteiger partial charge < -0.3 is 9.94 Å². The Morgan fingerprint density at radius 2 is 1.74 bits per heavy atom. The lowest BCUT2D eigenvalue weighted by molar-refractivity contribution is -0.903. The summed E-state index contributed by atoms with van der Waals surface area (Å²) in [6.07, 6.45) is 1.78. The van der Waals surface area contributed by atoms with Crippen LogP contribution in [0.2, 0.25) is 0 Å². The summed E-state index contributed by atoms with van der Waals surface area (Å²) in [6, 6.07) is 16.0. The first kappa shape index (κ1) is 23.7. The molecule has 0 spiro atoms. The van der Waals surface area contributed by atoms with Gasteiger partial charge >= 0.3 is 0 Å². The van der Waals surface area contributed by atoms with Crippen LogP contribution < -0.4 is 9.57 Å². The molecule has 2 atom stereocenters. The molecule has 170 valence electrons. The number of benzene rings is 2. The summed E-state index contributed by atoms with van der Waals surface area (Å²) in [5.74, 6) is 0.800. The highest BCUT2D eigenvalue weighted by Crippen LogP contribution is 2.33. The standard InChI is InChI=1S/C23H33N3O4S/c1-23(2,3)20-10-8-19(9-11-20)22-16-26(27,24-31(5,28)29)17-25(22)15-14-18-6-12-21(30-4)13-7-18/h6-13,22,24H,14-17H2,1-5H3. The molecule has 1 aliphatic rings. The number of hydroxylamine groups is 2. The second kappa shape index (κ2) is 8.88. The number of nitrogens with zero attached hydrogens (tertiary/aromatic N) is 2. The predicted molar refractivity (Wildman–Crippen MR) is 123 cm³/mol. The average molecular weight is 448 g/mol. The molecular weight excluding hydrogens is 414 g/mol. The number of rotatable bonds is 7. The fraction of sp³-hybridized carbons (Fsp3) is 0.478. The normalized spacial score (nSPS) is 22.6. The van der Waals surface area contributed by atoms with Crippen LogP contribution >= 0.6 is 0 Å². The maximum absolute atomic E-state index is 13.2. The molecule has 0 radical (unpaired) electrons. The van der Waals surface area contributed by atoms with Crippen LogP contribution in [0.15, 0.2) is 48.5 Å². The van der Waals surface area contributed by atoms with Crippen LogP contribution in [-0.4, -0.2) is 51.2 Å². The zero-order valence-electron chi connectivity index (χ0n) is 19.0. The summed E-state index contributed by atoms with van der Waals surface area (Å²) in [5, 5.41) is 13.2. The Balaban J connectivity index is 1.81. The summed E-state index contributed by atoms with van der Waals surface area (Å²) in [7, 11) is -1.99. The second-order valence-corrected chi connectivity index (χ2v) is 11.1. The fourth-order valence-electron chi connectivity index (χ4n) is 4.03. The van der Waals surface area contributed by atoms with Gasteiger partial charge in [-0.2, -0.15) is 0 Å². The molecule has 2 aromatic rings. The molecule has 31 heavy (non-hydrogen) atoms. The summed E-state index contributed by atoms with van der Waals surface area (Å²) in [5.41, 5.74) is 3.41. The van der Waals surface area contributed by atoms with Crippen molar-refractivity contribution in [2.24, 2.45) is 0 Å². The molecule has 0 aliphatic carbocycles. The van der Waals surface area contributed by atoms with Gasteiger partial charge in [0.05, 0.1) is 19.4 Å². The van der Waals surface area contributed by atoms with Crippen LogP contribution in [0.4, 0.5) is 0 Å². The Morgan fingerprint density at radius 3 is 2.26 bits per heavy atom. The fourth-order valence-corrected chi connectivity index (χ4v) is 4.76. The third-order valence-corrected chi connectivity index (χ3v) is 6.32. The van der Waals surface area contributed by atoms with Crippen LogP contribution in [0.25, 0.3) is 0 Å². The van der Waals surface area contributed by atoms with Gasteiger partial charge in [-0.1, -0.05) is 62.0 Å². The molecule has 3 rings (SSSR count). The number of hydrogen-bond acceptors (Lipinski definition) is 5. The number of sulfonamides is 1. The highest BCUT2D eigenvalue weighted by atomic mass is 32.2. The molecule has 0 amide bonds. The van der Waals surface area contributed by atoms with Crippen molar-refractivity contribution < 1.29 is 17.9 Å². The van der Waals surface area contributed by atoms with E-state index in [0.29, 0.717) is 6.54 Å². The van der Waals surface area contributed by atoms with Crippen molar-refractivity contribution in [2.45, 2.75) is 38.6 Å². The smallest absolute Gasteiger partial charge is 0.250 e. The maximum atomic E-state index is 13.2. The molecule has 0 aromatic heterocycles. The minimum absolute atomic E-state index is 0.0401. The Hall–Kier alpha value is -1.97. The first-order valence-electron chi connectivity index (χ1n) is 10.4. The van der Waals surface area contributed by atoms with E-state index in [1.807, 2.05) is 24.3 Å². The van der Waals surface area contributed by atoms with Crippen LogP contribution in [0, 0.1) is 5.21 Å². The van der Waals surface area contributed by atoms with Gasteiger partial charge in [0.2, 0.25) is 0 Å². The number of methoxy groups -OCH3 is 1. The molecule has 1 fully saturated rings. The monoisotopic (exact) mass is 447 g/mol. The average Bonchev–Trinajstić information content (AvgIpc) is 3.00. The molecule has 1 aliphatic heterocycles. The lowest BCUT2D eigenvalue weighted by Gasteiger charge is -2.35. The Labute approximate surface area is 185 Å². The van der Waals surface area contributed by atoms with E-state index in [1.54, 1.807) is 7.11 Å². The van der Waals surface area contributed by atoms with Gasteiger partial charge in [0, 0.05) is 6.54 Å². The minimum Gasteiger partial charge on any atom is -0.610 e. The number of quaternary nitrogens is 1. The van der Waals surface area contributed by atoms with Gasteiger partial charge in [-0.15, -0.1) is 0 Å². The first-order valence-corrected chi connectivity index (χ1v) is 12.3. The van der Waals surface area contributed by atoms with Crippen molar-refractivity contribution in [2.75, 3.05) is 33.1 Å². The highest BCUT2D eigenvalue weighted by Gasteiger charge is 2.41. The lowest BCUT2D eigenvalue weighted by Crippen LogP contribution is -2.54. The quantitative estimate of drug-likeness (QED) is 0.520. The van der Waals surface area contributed by atoms with Crippen molar-refractivity contribution in [1.29, 1.82) is 0 Å². The Kier molecular flexibility index (Phi) is 6.78.